The van der Waals surface area contributed by atoms with Crippen molar-refractivity contribution in [3.05, 3.63) is 72.6 Å². The highest BCUT2D eigenvalue weighted by molar-refractivity contribution is 5.93. The molecule has 0 aliphatic rings. The lowest BCUT2D eigenvalue weighted by Crippen LogP contribution is -2.20. The lowest BCUT2D eigenvalue weighted by Gasteiger charge is -2.09. The van der Waals surface area contributed by atoms with E-state index in [1.54, 1.807) is 60.9 Å². The normalized spacial score (nSPS) is 10.1. The maximum absolute atomic E-state index is 12.0. The van der Waals surface area contributed by atoms with E-state index in [4.69, 9.17) is 15.2 Å². The molecule has 136 valence electrons. The molecule has 8 nitrogen and oxygen atoms in total. The largest absolute Gasteiger partial charge is 0.484 e. The van der Waals surface area contributed by atoms with Crippen LogP contribution in [0.1, 0.15) is 10.4 Å². The molecule has 2 amide bonds. The first-order valence-electron chi connectivity index (χ1n) is 7.97. The van der Waals surface area contributed by atoms with Gasteiger partial charge in [-0.05, 0) is 48.5 Å². The summed E-state index contributed by atoms with van der Waals surface area (Å²) in [5.41, 5.74) is 6.10. The van der Waals surface area contributed by atoms with Gasteiger partial charge in [-0.15, -0.1) is 0 Å². The van der Waals surface area contributed by atoms with Gasteiger partial charge in [-0.3, -0.25) is 9.59 Å². The molecule has 1 aromatic heterocycles. The fraction of sp³-hybridized carbons (Fsp3) is 0.0526. The second-order valence-corrected chi connectivity index (χ2v) is 5.39. The molecule has 2 aromatic carbocycles. The quantitative estimate of drug-likeness (QED) is 0.665. The van der Waals surface area contributed by atoms with Gasteiger partial charge in [0.25, 0.3) is 5.91 Å². The topological polar surface area (TPSA) is 116 Å². The predicted octanol–water partition coefficient (Wildman–Crippen LogP) is 2.39. The number of nitrogens with zero attached hydrogens (tertiary/aromatic N) is 2. The van der Waals surface area contributed by atoms with Gasteiger partial charge in [0.1, 0.15) is 11.5 Å². The van der Waals surface area contributed by atoms with Gasteiger partial charge in [-0.2, -0.15) is 0 Å². The summed E-state index contributed by atoms with van der Waals surface area (Å²) in [5.74, 6) is 0.0134. The van der Waals surface area contributed by atoms with E-state index in [-0.39, 0.29) is 18.5 Å². The van der Waals surface area contributed by atoms with Gasteiger partial charge in [-0.25, -0.2) is 9.97 Å². The summed E-state index contributed by atoms with van der Waals surface area (Å²) in [5, 5.41) is 2.70. The molecule has 0 atom stereocenters. The molecule has 0 unspecified atom stereocenters. The standard InChI is InChI=1S/C19H16N4O4/c20-18(25)13-3-1-4-16(11-13)26-12-17(24)23-14-5-7-15(8-6-14)27-19-21-9-2-10-22-19/h1-11H,12H2,(H2,20,25)(H,23,24). The number of anilines is 1. The molecule has 1 heterocycles. The van der Waals surface area contributed by atoms with E-state index in [0.29, 0.717) is 22.7 Å². The molecular formula is C19H16N4O4. The summed E-state index contributed by atoms with van der Waals surface area (Å²) < 4.78 is 10.8. The van der Waals surface area contributed by atoms with Crippen LogP contribution >= 0.6 is 0 Å². The minimum Gasteiger partial charge on any atom is -0.484 e. The monoisotopic (exact) mass is 364 g/mol. The van der Waals surface area contributed by atoms with Crippen LogP contribution in [0, 0.1) is 0 Å². The maximum atomic E-state index is 12.0. The van der Waals surface area contributed by atoms with E-state index in [2.05, 4.69) is 15.3 Å². The maximum Gasteiger partial charge on any atom is 0.321 e. The minimum atomic E-state index is -0.562. The molecule has 0 saturated heterocycles. The number of nitrogens with one attached hydrogen (secondary N) is 1. The summed E-state index contributed by atoms with van der Waals surface area (Å²) in [6.45, 7) is -0.210. The summed E-state index contributed by atoms with van der Waals surface area (Å²) in [4.78, 5) is 31.1. The van der Waals surface area contributed by atoms with Gasteiger partial charge in [0, 0.05) is 23.6 Å². The van der Waals surface area contributed by atoms with Crippen molar-refractivity contribution in [1.82, 2.24) is 9.97 Å². The zero-order valence-electron chi connectivity index (χ0n) is 14.2. The Morgan fingerprint density at radius 3 is 2.41 bits per heavy atom. The van der Waals surface area contributed by atoms with E-state index >= 15 is 0 Å². The van der Waals surface area contributed by atoms with Crippen molar-refractivity contribution in [3.63, 3.8) is 0 Å². The number of rotatable bonds is 7. The molecule has 0 aliphatic carbocycles. The van der Waals surface area contributed by atoms with Crippen LogP contribution in [0.3, 0.4) is 0 Å². The lowest BCUT2D eigenvalue weighted by molar-refractivity contribution is -0.118. The first-order valence-corrected chi connectivity index (χ1v) is 7.97. The van der Waals surface area contributed by atoms with Crippen LogP contribution < -0.4 is 20.5 Å². The minimum absolute atomic E-state index is 0.210. The number of hydrogen-bond donors (Lipinski definition) is 2. The average molecular weight is 364 g/mol. The third-order valence-corrected chi connectivity index (χ3v) is 3.38. The van der Waals surface area contributed by atoms with E-state index in [0.717, 1.165) is 0 Å². The first-order chi connectivity index (χ1) is 13.1. The van der Waals surface area contributed by atoms with Crippen molar-refractivity contribution in [3.8, 4) is 17.5 Å². The number of benzene rings is 2. The third-order valence-electron chi connectivity index (χ3n) is 3.38. The highest BCUT2D eigenvalue weighted by Gasteiger charge is 2.07. The number of nitrogens with two attached hydrogens (primary N) is 1. The van der Waals surface area contributed by atoms with Crippen LogP contribution in [-0.2, 0) is 4.79 Å². The zero-order chi connectivity index (χ0) is 19.1. The van der Waals surface area contributed by atoms with Crippen LogP contribution in [-0.4, -0.2) is 28.4 Å². The Kier molecular flexibility index (Phi) is 5.58. The predicted molar refractivity (Wildman–Crippen MR) is 97.6 cm³/mol. The number of primary amides is 1. The van der Waals surface area contributed by atoms with Gasteiger partial charge < -0.3 is 20.5 Å². The van der Waals surface area contributed by atoms with Crippen LogP contribution in [0.15, 0.2) is 67.0 Å². The van der Waals surface area contributed by atoms with Crippen molar-refractivity contribution in [1.29, 1.82) is 0 Å². The van der Waals surface area contributed by atoms with E-state index < -0.39 is 5.91 Å². The molecule has 3 N–H and O–H groups in total. The molecule has 8 heteroatoms. The molecule has 0 saturated carbocycles. The Labute approximate surface area is 155 Å². The van der Waals surface area contributed by atoms with Gasteiger partial charge in [0.05, 0.1) is 0 Å². The fourth-order valence-electron chi connectivity index (χ4n) is 2.13. The number of ether oxygens (including phenoxy) is 2. The van der Waals surface area contributed by atoms with Crippen molar-refractivity contribution < 1.29 is 19.1 Å². The molecule has 0 radical (unpaired) electrons. The molecule has 3 aromatic rings. The number of amides is 2. The van der Waals surface area contributed by atoms with Crippen molar-refractivity contribution in [2.24, 2.45) is 5.73 Å². The summed E-state index contributed by atoms with van der Waals surface area (Å²) in [7, 11) is 0. The summed E-state index contributed by atoms with van der Waals surface area (Å²) >= 11 is 0. The Morgan fingerprint density at radius 1 is 0.963 bits per heavy atom. The average Bonchev–Trinajstić information content (AvgIpc) is 2.69. The van der Waals surface area contributed by atoms with Crippen LogP contribution in [0.25, 0.3) is 0 Å². The Balaban J connectivity index is 1.52. The van der Waals surface area contributed by atoms with Crippen molar-refractivity contribution in [2.75, 3.05) is 11.9 Å². The fourth-order valence-corrected chi connectivity index (χ4v) is 2.13. The number of aromatic nitrogens is 2. The molecule has 0 bridgehead atoms. The third kappa shape index (κ3) is 5.27. The van der Waals surface area contributed by atoms with Gasteiger partial charge >= 0.3 is 6.01 Å². The number of carbonyl (C=O) groups is 2. The second-order valence-electron chi connectivity index (χ2n) is 5.39. The van der Waals surface area contributed by atoms with Crippen LogP contribution in [0.5, 0.6) is 17.5 Å². The summed E-state index contributed by atoms with van der Waals surface area (Å²) in [6, 6.07) is 15.0. The van der Waals surface area contributed by atoms with Crippen molar-refractivity contribution >= 4 is 17.5 Å². The zero-order valence-corrected chi connectivity index (χ0v) is 14.2. The summed E-state index contributed by atoms with van der Waals surface area (Å²) in [6.07, 6.45) is 3.16. The van der Waals surface area contributed by atoms with Gasteiger partial charge in [-0.1, -0.05) is 6.07 Å². The van der Waals surface area contributed by atoms with Crippen molar-refractivity contribution in [2.45, 2.75) is 0 Å². The number of carbonyl (C=O) groups excluding carboxylic acids is 2. The number of hydrogen-bond acceptors (Lipinski definition) is 6. The lowest BCUT2D eigenvalue weighted by atomic mass is 10.2. The molecule has 0 fully saturated rings. The van der Waals surface area contributed by atoms with Gasteiger partial charge in [0.15, 0.2) is 6.61 Å². The highest BCUT2D eigenvalue weighted by atomic mass is 16.5. The van der Waals surface area contributed by atoms with Gasteiger partial charge in [0.2, 0.25) is 5.91 Å². The van der Waals surface area contributed by atoms with Crippen LogP contribution in [0.4, 0.5) is 5.69 Å². The second kappa shape index (κ2) is 8.43. The SMILES string of the molecule is NC(=O)c1cccc(OCC(=O)Nc2ccc(Oc3ncccn3)cc2)c1. The van der Waals surface area contributed by atoms with E-state index in [1.807, 2.05) is 0 Å². The molecule has 27 heavy (non-hydrogen) atoms. The Hall–Kier alpha value is -3.94. The van der Waals surface area contributed by atoms with E-state index in [9.17, 15) is 9.59 Å². The van der Waals surface area contributed by atoms with Crippen LogP contribution in [0.2, 0.25) is 0 Å². The Morgan fingerprint density at radius 2 is 1.70 bits per heavy atom. The molecule has 3 rings (SSSR count). The van der Waals surface area contributed by atoms with E-state index in [1.165, 1.54) is 6.07 Å². The molecule has 0 aliphatic heterocycles. The smallest absolute Gasteiger partial charge is 0.321 e. The first kappa shape index (κ1) is 17.9. The molecular weight excluding hydrogens is 348 g/mol. The molecule has 0 spiro atoms. The Bertz CT molecular complexity index is 930. The highest BCUT2D eigenvalue weighted by Crippen LogP contribution is 2.20.